The smallest absolute Gasteiger partial charge is 0.261 e. The molecule has 0 aliphatic heterocycles. The minimum Gasteiger partial charge on any atom is -0.277 e. The van der Waals surface area contributed by atoms with Crippen LogP contribution in [0.2, 0.25) is 0 Å². The van der Waals surface area contributed by atoms with E-state index >= 15 is 0 Å². The summed E-state index contributed by atoms with van der Waals surface area (Å²) >= 11 is 3.15. The van der Waals surface area contributed by atoms with Crippen LogP contribution in [0.15, 0.2) is 27.1 Å². The predicted octanol–water partition coefficient (Wildman–Crippen LogP) is 3.47. The quantitative estimate of drug-likeness (QED) is 0.638. The molecule has 20 heavy (non-hydrogen) atoms. The van der Waals surface area contributed by atoms with Crippen LogP contribution in [0.25, 0.3) is 20.2 Å². The van der Waals surface area contributed by atoms with Crippen molar-refractivity contribution in [2.24, 2.45) is 7.05 Å². The zero-order chi connectivity index (χ0) is 14.7. The molecular formula is C15H15NO2S2. The number of rotatable bonds is 0. The molecule has 0 aliphatic carbocycles. The molecule has 0 unspecified atom stereocenters. The van der Waals surface area contributed by atoms with Crippen LogP contribution in [-0.2, 0) is 12.5 Å². The highest BCUT2D eigenvalue weighted by atomic mass is 32.1. The normalized spacial score (nSPS) is 12.4. The Morgan fingerprint density at radius 1 is 1.05 bits per heavy atom. The van der Waals surface area contributed by atoms with E-state index < -0.39 is 0 Å². The van der Waals surface area contributed by atoms with Crippen LogP contribution in [0.3, 0.4) is 0 Å². The first kappa shape index (κ1) is 13.5. The molecule has 0 bridgehead atoms. The van der Waals surface area contributed by atoms with Crippen LogP contribution in [0.1, 0.15) is 25.6 Å². The first-order valence-corrected chi connectivity index (χ1v) is 8.05. The zero-order valence-electron chi connectivity index (χ0n) is 11.8. The van der Waals surface area contributed by atoms with Gasteiger partial charge >= 0.3 is 0 Å². The number of thiophene rings is 2. The fourth-order valence-corrected chi connectivity index (χ4v) is 4.47. The molecule has 5 heteroatoms. The molecule has 0 radical (unpaired) electrons. The molecule has 3 rings (SSSR count). The van der Waals surface area contributed by atoms with Gasteiger partial charge in [-0.3, -0.25) is 14.2 Å². The van der Waals surface area contributed by atoms with Crippen molar-refractivity contribution in [2.45, 2.75) is 26.2 Å². The predicted molar refractivity (Wildman–Crippen MR) is 87.4 cm³/mol. The van der Waals surface area contributed by atoms with E-state index in [9.17, 15) is 9.59 Å². The first-order chi connectivity index (χ1) is 9.30. The Bertz CT molecular complexity index is 939. The van der Waals surface area contributed by atoms with Gasteiger partial charge in [0, 0.05) is 11.9 Å². The monoisotopic (exact) mass is 305 g/mol. The molecule has 3 aromatic rings. The second kappa shape index (κ2) is 4.27. The van der Waals surface area contributed by atoms with Gasteiger partial charge in [0.2, 0.25) is 0 Å². The first-order valence-electron chi connectivity index (χ1n) is 6.35. The van der Waals surface area contributed by atoms with Crippen molar-refractivity contribution in [1.82, 2.24) is 4.57 Å². The third kappa shape index (κ3) is 1.84. The minimum absolute atomic E-state index is 0.00283. The van der Waals surface area contributed by atoms with E-state index in [4.69, 9.17) is 0 Å². The fourth-order valence-electron chi connectivity index (χ4n) is 2.20. The Morgan fingerprint density at radius 2 is 1.70 bits per heavy atom. The lowest BCUT2D eigenvalue weighted by molar-refractivity contribution is 0.604. The molecule has 0 saturated heterocycles. The van der Waals surface area contributed by atoms with Crippen LogP contribution in [-0.4, -0.2) is 4.57 Å². The van der Waals surface area contributed by atoms with E-state index in [1.54, 1.807) is 24.5 Å². The highest BCUT2D eigenvalue weighted by molar-refractivity contribution is 7.26. The number of hydrogen-bond donors (Lipinski definition) is 0. The molecule has 0 aliphatic rings. The molecule has 0 aromatic carbocycles. The Hall–Kier alpha value is -1.46. The lowest BCUT2D eigenvalue weighted by Gasteiger charge is -2.14. The molecule has 0 spiro atoms. The average Bonchev–Trinajstić information content (AvgIpc) is 2.98. The summed E-state index contributed by atoms with van der Waals surface area (Å²) in [6, 6.07) is 3.75. The maximum atomic E-state index is 12.5. The summed E-state index contributed by atoms with van der Waals surface area (Å²) in [6.07, 6.45) is 0. The molecule has 3 heterocycles. The SMILES string of the molecule is Cn1c(=O)c2ccsc2c2sc(C(C)(C)C)cc2c1=O. The third-order valence-electron chi connectivity index (χ3n) is 3.41. The van der Waals surface area contributed by atoms with Gasteiger partial charge in [-0.15, -0.1) is 22.7 Å². The summed E-state index contributed by atoms with van der Waals surface area (Å²) in [7, 11) is 1.55. The van der Waals surface area contributed by atoms with Gasteiger partial charge in [0.25, 0.3) is 11.1 Å². The van der Waals surface area contributed by atoms with Crippen LogP contribution in [0, 0.1) is 0 Å². The molecule has 3 nitrogen and oxygen atoms in total. The van der Waals surface area contributed by atoms with Gasteiger partial charge in [0.1, 0.15) is 0 Å². The highest BCUT2D eigenvalue weighted by Gasteiger charge is 2.20. The Balaban J connectivity index is 2.65. The summed E-state index contributed by atoms with van der Waals surface area (Å²) in [6.45, 7) is 6.40. The van der Waals surface area contributed by atoms with E-state index in [0.29, 0.717) is 10.8 Å². The molecule has 0 atom stereocenters. The molecule has 3 aromatic heterocycles. The fraction of sp³-hybridized carbons (Fsp3) is 0.333. The molecular weight excluding hydrogens is 290 g/mol. The third-order valence-corrected chi connectivity index (χ3v) is 6.05. The van der Waals surface area contributed by atoms with Crippen LogP contribution < -0.4 is 11.1 Å². The summed E-state index contributed by atoms with van der Waals surface area (Å²) in [5.74, 6) is 0. The molecule has 0 N–H and O–H groups in total. The Labute approximate surface area is 124 Å². The number of nitrogens with zero attached hydrogens (tertiary/aromatic N) is 1. The van der Waals surface area contributed by atoms with Gasteiger partial charge < -0.3 is 0 Å². The van der Waals surface area contributed by atoms with Gasteiger partial charge in [0.15, 0.2) is 0 Å². The number of hydrogen-bond acceptors (Lipinski definition) is 4. The Kier molecular flexibility index (Phi) is 2.88. The van der Waals surface area contributed by atoms with Crippen molar-refractivity contribution in [2.75, 3.05) is 0 Å². The van der Waals surface area contributed by atoms with Crippen molar-refractivity contribution < 1.29 is 0 Å². The number of fused-ring (bicyclic) bond motifs is 3. The average molecular weight is 305 g/mol. The molecule has 0 amide bonds. The van der Waals surface area contributed by atoms with Crippen LogP contribution >= 0.6 is 22.7 Å². The van der Waals surface area contributed by atoms with Crippen molar-refractivity contribution in [1.29, 1.82) is 0 Å². The van der Waals surface area contributed by atoms with E-state index in [2.05, 4.69) is 20.8 Å². The van der Waals surface area contributed by atoms with Crippen LogP contribution in [0.4, 0.5) is 0 Å². The van der Waals surface area contributed by atoms with Gasteiger partial charge in [0.05, 0.1) is 20.2 Å². The van der Waals surface area contributed by atoms with Crippen molar-refractivity contribution in [3.63, 3.8) is 0 Å². The molecule has 104 valence electrons. The summed E-state index contributed by atoms with van der Waals surface area (Å²) in [5.41, 5.74) is -0.427. The molecule has 0 saturated carbocycles. The van der Waals surface area contributed by atoms with Crippen LogP contribution in [0.5, 0.6) is 0 Å². The maximum absolute atomic E-state index is 12.5. The van der Waals surface area contributed by atoms with Crippen molar-refractivity contribution in [3.8, 4) is 0 Å². The lowest BCUT2D eigenvalue weighted by Crippen LogP contribution is -2.26. The standard InChI is InChI=1S/C15H15NO2S2/c1-15(2,3)10-7-9-12(20-10)11-8(5-6-19-11)13(17)16(4)14(9)18/h5-7H,1-4H3. The van der Waals surface area contributed by atoms with Gasteiger partial charge in [-0.2, -0.15) is 0 Å². The van der Waals surface area contributed by atoms with Gasteiger partial charge in [-0.1, -0.05) is 20.8 Å². The van der Waals surface area contributed by atoms with Gasteiger partial charge in [-0.25, -0.2) is 0 Å². The topological polar surface area (TPSA) is 39.1 Å². The maximum Gasteiger partial charge on any atom is 0.261 e. The minimum atomic E-state index is -0.216. The second-order valence-corrected chi connectivity index (χ2v) is 7.90. The summed E-state index contributed by atoms with van der Waals surface area (Å²) < 4.78 is 3.07. The van der Waals surface area contributed by atoms with Gasteiger partial charge in [-0.05, 0) is 22.9 Å². The Morgan fingerprint density at radius 3 is 2.35 bits per heavy atom. The largest absolute Gasteiger partial charge is 0.277 e. The van der Waals surface area contributed by atoms with E-state index in [-0.39, 0.29) is 16.5 Å². The van der Waals surface area contributed by atoms with Crippen molar-refractivity contribution in [3.05, 3.63) is 43.1 Å². The van der Waals surface area contributed by atoms with E-state index in [1.165, 1.54) is 15.9 Å². The lowest BCUT2D eigenvalue weighted by atomic mass is 9.94. The van der Waals surface area contributed by atoms with E-state index in [1.807, 2.05) is 11.4 Å². The number of aromatic nitrogens is 1. The highest BCUT2D eigenvalue weighted by Crippen LogP contribution is 2.36. The van der Waals surface area contributed by atoms with E-state index in [0.717, 1.165) is 14.3 Å². The zero-order valence-corrected chi connectivity index (χ0v) is 13.4. The molecule has 0 fully saturated rings. The second-order valence-electron chi connectivity index (χ2n) is 5.94. The van der Waals surface area contributed by atoms with Crippen molar-refractivity contribution >= 4 is 42.8 Å². The summed E-state index contributed by atoms with van der Waals surface area (Å²) in [4.78, 5) is 25.9. The summed E-state index contributed by atoms with van der Waals surface area (Å²) in [5, 5.41) is 3.19.